The van der Waals surface area contributed by atoms with Crippen LogP contribution in [0.25, 0.3) is 11.3 Å². The fourth-order valence-corrected chi connectivity index (χ4v) is 4.27. The molecule has 34 heavy (non-hydrogen) atoms. The average molecular weight is 468 g/mol. The summed E-state index contributed by atoms with van der Waals surface area (Å²) < 4.78 is 35.1. The first-order valence-electron chi connectivity index (χ1n) is 11.4. The summed E-state index contributed by atoms with van der Waals surface area (Å²) >= 11 is 0. The Labute approximate surface area is 197 Å². The van der Waals surface area contributed by atoms with Gasteiger partial charge in [-0.2, -0.15) is 0 Å². The molecule has 2 N–H and O–H groups in total. The molecule has 0 unspecified atom stereocenters. The van der Waals surface area contributed by atoms with E-state index in [2.05, 4.69) is 30.5 Å². The number of halogens is 2. The molecule has 1 aromatic carbocycles. The van der Waals surface area contributed by atoms with Gasteiger partial charge in [0.15, 0.2) is 17.4 Å². The molecule has 0 amide bonds. The first-order valence-corrected chi connectivity index (χ1v) is 11.4. The van der Waals surface area contributed by atoms with E-state index in [9.17, 15) is 8.78 Å². The van der Waals surface area contributed by atoms with Crippen molar-refractivity contribution in [3.05, 3.63) is 48.3 Å². The molecule has 1 saturated heterocycles. The van der Waals surface area contributed by atoms with Crippen LogP contribution in [0.4, 0.5) is 31.9 Å². The smallest absolute Gasteiger partial charge is 0.227 e. The van der Waals surface area contributed by atoms with Crippen molar-refractivity contribution in [1.29, 1.82) is 0 Å². The Bertz CT molecular complexity index is 1170. The van der Waals surface area contributed by atoms with Crippen molar-refractivity contribution in [2.45, 2.75) is 19.9 Å². The minimum absolute atomic E-state index is 0.0128. The lowest BCUT2D eigenvalue weighted by atomic mass is 10.1. The SMILES string of the molecule is CC(C)N1CCOc2c(F)cc(-c3nc(Nc4ccc(N5CCNCC5)nc4)ncc3F)cc21. The van der Waals surface area contributed by atoms with Gasteiger partial charge in [-0.1, -0.05) is 0 Å². The fourth-order valence-electron chi connectivity index (χ4n) is 4.27. The summed E-state index contributed by atoms with van der Waals surface area (Å²) in [5.74, 6) is 0.104. The van der Waals surface area contributed by atoms with E-state index in [0.717, 1.165) is 38.2 Å². The van der Waals surface area contributed by atoms with E-state index in [1.807, 2.05) is 30.9 Å². The number of rotatable bonds is 5. The molecule has 1 fully saturated rings. The molecule has 0 spiro atoms. The second-order valence-electron chi connectivity index (χ2n) is 8.60. The third kappa shape index (κ3) is 4.45. The van der Waals surface area contributed by atoms with E-state index in [0.29, 0.717) is 30.1 Å². The number of anilines is 4. The van der Waals surface area contributed by atoms with Crippen molar-refractivity contribution in [3.8, 4) is 17.0 Å². The maximum absolute atomic E-state index is 14.9. The lowest BCUT2D eigenvalue weighted by Gasteiger charge is -2.34. The summed E-state index contributed by atoms with van der Waals surface area (Å²) in [6.07, 6.45) is 2.78. The number of piperazine rings is 1. The van der Waals surface area contributed by atoms with Crippen molar-refractivity contribution < 1.29 is 13.5 Å². The topological polar surface area (TPSA) is 78.4 Å². The highest BCUT2D eigenvalue weighted by molar-refractivity contribution is 5.73. The molecule has 4 heterocycles. The molecule has 178 valence electrons. The van der Waals surface area contributed by atoms with E-state index in [1.165, 1.54) is 6.07 Å². The number of hydrogen-bond acceptors (Lipinski definition) is 8. The lowest BCUT2D eigenvalue weighted by Crippen LogP contribution is -2.43. The van der Waals surface area contributed by atoms with E-state index in [-0.39, 0.29) is 23.4 Å². The van der Waals surface area contributed by atoms with Crippen LogP contribution in [-0.2, 0) is 0 Å². The van der Waals surface area contributed by atoms with Crippen molar-refractivity contribution in [3.63, 3.8) is 0 Å². The van der Waals surface area contributed by atoms with Gasteiger partial charge in [-0.15, -0.1) is 0 Å². The van der Waals surface area contributed by atoms with Crippen LogP contribution in [0.3, 0.4) is 0 Å². The summed E-state index contributed by atoms with van der Waals surface area (Å²) in [7, 11) is 0. The Balaban J connectivity index is 1.41. The van der Waals surface area contributed by atoms with Crippen LogP contribution in [0, 0.1) is 11.6 Å². The van der Waals surface area contributed by atoms with Crippen LogP contribution in [0.5, 0.6) is 5.75 Å². The number of fused-ring (bicyclic) bond motifs is 1. The Morgan fingerprint density at radius 3 is 2.59 bits per heavy atom. The van der Waals surface area contributed by atoms with Gasteiger partial charge >= 0.3 is 0 Å². The molecule has 2 aliphatic rings. The van der Waals surface area contributed by atoms with E-state index >= 15 is 0 Å². The summed E-state index contributed by atoms with van der Waals surface area (Å²) in [5.41, 5.74) is 1.60. The van der Waals surface area contributed by atoms with E-state index in [1.54, 1.807) is 12.3 Å². The molecule has 10 heteroatoms. The number of aromatic nitrogens is 3. The number of benzene rings is 1. The zero-order valence-corrected chi connectivity index (χ0v) is 19.2. The largest absolute Gasteiger partial charge is 0.486 e. The third-order valence-electron chi connectivity index (χ3n) is 6.00. The van der Waals surface area contributed by atoms with Crippen molar-refractivity contribution in [1.82, 2.24) is 20.3 Å². The highest BCUT2D eigenvalue weighted by Gasteiger charge is 2.25. The van der Waals surface area contributed by atoms with Gasteiger partial charge < -0.3 is 25.2 Å². The van der Waals surface area contributed by atoms with Gasteiger partial charge in [-0.05, 0) is 38.1 Å². The van der Waals surface area contributed by atoms with Crippen LogP contribution in [0.1, 0.15) is 13.8 Å². The highest BCUT2D eigenvalue weighted by Crippen LogP contribution is 2.39. The summed E-state index contributed by atoms with van der Waals surface area (Å²) in [6, 6.07) is 6.92. The quantitative estimate of drug-likeness (QED) is 0.590. The zero-order valence-electron chi connectivity index (χ0n) is 19.2. The molecule has 0 atom stereocenters. The second kappa shape index (κ2) is 9.38. The van der Waals surface area contributed by atoms with E-state index in [4.69, 9.17) is 4.74 Å². The van der Waals surface area contributed by atoms with Crippen LogP contribution < -0.4 is 25.2 Å². The van der Waals surface area contributed by atoms with Gasteiger partial charge in [0.1, 0.15) is 18.1 Å². The lowest BCUT2D eigenvalue weighted by molar-refractivity contribution is 0.287. The molecule has 2 aliphatic heterocycles. The number of nitrogens with zero attached hydrogens (tertiary/aromatic N) is 5. The Morgan fingerprint density at radius 1 is 1.03 bits per heavy atom. The maximum Gasteiger partial charge on any atom is 0.227 e. The first kappa shape index (κ1) is 22.3. The van der Waals surface area contributed by atoms with Crippen molar-refractivity contribution in [2.75, 3.05) is 54.4 Å². The minimum atomic E-state index is -0.634. The minimum Gasteiger partial charge on any atom is -0.486 e. The third-order valence-corrected chi connectivity index (χ3v) is 6.00. The molecule has 0 radical (unpaired) electrons. The molecule has 0 aliphatic carbocycles. The van der Waals surface area contributed by atoms with Crippen LogP contribution in [0.15, 0.2) is 36.7 Å². The van der Waals surface area contributed by atoms with Crippen LogP contribution >= 0.6 is 0 Å². The number of ether oxygens (including phenoxy) is 1. The zero-order chi connectivity index (χ0) is 23.7. The van der Waals surface area contributed by atoms with E-state index < -0.39 is 11.6 Å². The molecular weight excluding hydrogens is 440 g/mol. The molecule has 8 nitrogen and oxygen atoms in total. The number of pyridine rings is 1. The molecular formula is C24H27F2N7O. The predicted molar refractivity (Wildman–Crippen MR) is 128 cm³/mol. The number of hydrogen-bond donors (Lipinski definition) is 2. The maximum atomic E-state index is 14.9. The normalized spacial score (nSPS) is 15.8. The molecule has 2 aromatic heterocycles. The van der Waals surface area contributed by atoms with Gasteiger partial charge in [0.05, 0.1) is 30.3 Å². The monoisotopic (exact) mass is 467 g/mol. The first-order chi connectivity index (χ1) is 16.5. The molecule has 0 saturated carbocycles. The molecule has 3 aromatic rings. The van der Waals surface area contributed by atoms with Crippen LogP contribution in [0.2, 0.25) is 0 Å². The van der Waals surface area contributed by atoms with Gasteiger partial charge in [0, 0.05) is 37.8 Å². The predicted octanol–water partition coefficient (Wildman–Crippen LogP) is 3.58. The Morgan fingerprint density at radius 2 is 1.85 bits per heavy atom. The summed E-state index contributed by atoms with van der Waals surface area (Å²) in [4.78, 5) is 17.2. The Kier molecular flexibility index (Phi) is 6.14. The molecule has 5 rings (SSSR count). The van der Waals surface area contributed by atoms with Crippen LogP contribution in [-0.4, -0.2) is 60.3 Å². The van der Waals surface area contributed by atoms with Crippen molar-refractivity contribution >= 4 is 23.1 Å². The summed E-state index contributed by atoms with van der Waals surface area (Å²) in [6.45, 7) is 8.74. The standard InChI is InChI=1S/C24H27F2N7O/c1-15(2)33-9-10-34-23-18(25)11-16(12-20(23)33)22-19(26)14-29-24(31-22)30-17-3-4-21(28-13-17)32-7-5-27-6-8-32/h3-4,11-15,27H,5-10H2,1-2H3,(H,29,30,31). The second-order valence-corrected chi connectivity index (χ2v) is 8.60. The van der Waals surface area contributed by atoms with Gasteiger partial charge in [-0.25, -0.2) is 23.7 Å². The van der Waals surface area contributed by atoms with Gasteiger partial charge in [0.2, 0.25) is 5.95 Å². The highest BCUT2D eigenvalue weighted by atomic mass is 19.1. The van der Waals surface area contributed by atoms with Gasteiger partial charge in [0.25, 0.3) is 0 Å². The Hall–Kier alpha value is -3.53. The molecule has 0 bridgehead atoms. The van der Waals surface area contributed by atoms with Gasteiger partial charge in [-0.3, -0.25) is 0 Å². The fraction of sp³-hybridized carbons (Fsp3) is 0.375. The van der Waals surface area contributed by atoms with Crippen molar-refractivity contribution in [2.24, 2.45) is 0 Å². The average Bonchev–Trinajstić information content (AvgIpc) is 2.86. The summed E-state index contributed by atoms with van der Waals surface area (Å²) in [5, 5.41) is 6.38. The number of nitrogens with one attached hydrogen (secondary N) is 2.